The van der Waals surface area contributed by atoms with E-state index in [4.69, 9.17) is 0 Å². The third-order valence-electron chi connectivity index (χ3n) is 2.89. The van der Waals surface area contributed by atoms with Crippen LogP contribution in [0, 0.1) is 5.92 Å². The highest BCUT2D eigenvalue weighted by Gasteiger charge is 2.39. The Morgan fingerprint density at radius 1 is 1.47 bits per heavy atom. The molecule has 1 aliphatic carbocycles. The molecule has 1 fully saturated rings. The molecule has 1 saturated carbocycles. The van der Waals surface area contributed by atoms with Crippen LogP contribution in [0.5, 0.6) is 0 Å². The first-order valence-corrected chi connectivity index (χ1v) is 7.60. The Balaban J connectivity index is 2.30. The van der Waals surface area contributed by atoms with Crippen LogP contribution < -0.4 is 5.32 Å². The van der Waals surface area contributed by atoms with Crippen molar-refractivity contribution in [1.29, 1.82) is 0 Å². The van der Waals surface area contributed by atoms with Gasteiger partial charge in [-0.05, 0) is 25.2 Å². The third-order valence-corrected chi connectivity index (χ3v) is 4.85. The molecule has 0 aromatic rings. The largest absolute Gasteiger partial charge is 0.471 e. The molecule has 2 N–H and O–H groups in total. The second-order valence-corrected chi connectivity index (χ2v) is 5.68. The van der Waals surface area contributed by atoms with Crippen molar-refractivity contribution in [3.8, 4) is 0 Å². The number of carbonyl (C=O) groups excluding carboxylic acids is 1. The summed E-state index contributed by atoms with van der Waals surface area (Å²) in [7, 11) is 2.46. The van der Waals surface area contributed by atoms with E-state index in [1.165, 1.54) is 11.4 Å². The quantitative estimate of drug-likeness (QED) is 0.775. The molecular weight excluding hydrogens is 274 g/mol. The minimum absolute atomic E-state index is 0.00252. The number of nitrogens with one attached hydrogen (secondary N) is 1. The molecule has 0 aliphatic heterocycles. The Bertz CT molecular complexity index is 277. The summed E-state index contributed by atoms with van der Waals surface area (Å²) in [6.07, 6.45) is -3.30. The Labute approximate surface area is 104 Å². The molecule has 0 heterocycles. The Morgan fingerprint density at radius 2 is 2.12 bits per heavy atom. The van der Waals surface area contributed by atoms with Gasteiger partial charge in [0, 0.05) is 11.8 Å². The molecule has 100 valence electrons. The van der Waals surface area contributed by atoms with Gasteiger partial charge in [-0.2, -0.15) is 13.2 Å². The summed E-state index contributed by atoms with van der Waals surface area (Å²) in [4.78, 5) is 10.6. The zero-order valence-electron chi connectivity index (χ0n) is 9.04. The summed E-state index contributed by atoms with van der Waals surface area (Å²) in [6, 6.07) is 0. The van der Waals surface area contributed by atoms with Crippen LogP contribution in [0.25, 0.3) is 0 Å². The third kappa shape index (κ3) is 4.30. The molecule has 0 aromatic heterocycles. The molecule has 17 heavy (non-hydrogen) atoms. The maximum atomic E-state index is 11.9. The highest BCUT2D eigenvalue weighted by atomic mass is 32.7. The molecule has 0 bridgehead atoms. The molecule has 1 amide bonds. The standard InChI is InChI=1S/C9H15F3NO2PS/c10-9(11,12)8(15)13-4-3-5-1-2-6(14)7(5)17-16/h5-7,14H,1-4,16H2,(H,13,15)/t5-,6-,7-/m0/s1. The first-order chi connectivity index (χ1) is 7.86. The highest BCUT2D eigenvalue weighted by Crippen LogP contribution is 2.39. The number of alkyl halides is 3. The number of carbonyl (C=O) groups is 1. The Morgan fingerprint density at radius 3 is 2.65 bits per heavy atom. The Hall–Kier alpha value is -0.000000000000000111. The summed E-state index contributed by atoms with van der Waals surface area (Å²) >= 11 is 1.44. The van der Waals surface area contributed by atoms with Crippen molar-refractivity contribution < 1.29 is 23.1 Å². The number of aliphatic hydroxyl groups is 1. The van der Waals surface area contributed by atoms with Crippen LogP contribution in [0.3, 0.4) is 0 Å². The van der Waals surface area contributed by atoms with Crippen LogP contribution >= 0.6 is 19.8 Å². The van der Waals surface area contributed by atoms with Gasteiger partial charge >= 0.3 is 12.1 Å². The molecule has 1 unspecified atom stereocenters. The van der Waals surface area contributed by atoms with Crippen molar-refractivity contribution in [3.05, 3.63) is 0 Å². The molecule has 0 radical (unpaired) electrons. The maximum absolute atomic E-state index is 11.9. The van der Waals surface area contributed by atoms with Gasteiger partial charge in [0.1, 0.15) is 0 Å². The first kappa shape index (κ1) is 15.1. The zero-order valence-corrected chi connectivity index (χ0v) is 11.0. The van der Waals surface area contributed by atoms with Crippen LogP contribution in [0.15, 0.2) is 0 Å². The summed E-state index contributed by atoms with van der Waals surface area (Å²) < 4.78 is 35.7. The van der Waals surface area contributed by atoms with E-state index in [9.17, 15) is 23.1 Å². The predicted octanol–water partition coefficient (Wildman–Crippen LogP) is 1.72. The van der Waals surface area contributed by atoms with Crippen molar-refractivity contribution in [2.45, 2.75) is 36.8 Å². The Kier molecular flexibility index (Phi) is 5.54. The van der Waals surface area contributed by atoms with E-state index < -0.39 is 18.2 Å². The molecule has 4 atom stereocenters. The topological polar surface area (TPSA) is 49.3 Å². The molecular formula is C9H15F3NO2PS. The van der Waals surface area contributed by atoms with Gasteiger partial charge in [-0.1, -0.05) is 8.44 Å². The monoisotopic (exact) mass is 289 g/mol. The van der Waals surface area contributed by atoms with Crippen molar-refractivity contribution in [2.24, 2.45) is 5.92 Å². The summed E-state index contributed by atoms with van der Waals surface area (Å²) in [6.45, 7) is -0.00252. The van der Waals surface area contributed by atoms with Gasteiger partial charge in [-0.25, -0.2) is 0 Å². The molecule has 0 spiro atoms. The van der Waals surface area contributed by atoms with Gasteiger partial charge in [-0.15, -0.1) is 11.4 Å². The second-order valence-electron chi connectivity index (χ2n) is 4.05. The van der Waals surface area contributed by atoms with Gasteiger partial charge in [0.15, 0.2) is 0 Å². The fraction of sp³-hybridized carbons (Fsp3) is 0.889. The lowest BCUT2D eigenvalue weighted by Gasteiger charge is -2.19. The second kappa shape index (κ2) is 6.25. The van der Waals surface area contributed by atoms with E-state index >= 15 is 0 Å². The molecule has 1 aliphatic rings. The van der Waals surface area contributed by atoms with E-state index in [0.717, 1.165) is 6.42 Å². The van der Waals surface area contributed by atoms with E-state index in [-0.39, 0.29) is 17.7 Å². The lowest BCUT2D eigenvalue weighted by Crippen LogP contribution is -2.38. The molecule has 8 heteroatoms. The first-order valence-electron chi connectivity index (χ1n) is 5.25. The molecule has 1 rings (SSSR count). The normalized spacial score (nSPS) is 29.4. The number of halogens is 3. The lowest BCUT2D eigenvalue weighted by atomic mass is 10.0. The predicted molar refractivity (Wildman–Crippen MR) is 63.5 cm³/mol. The van der Waals surface area contributed by atoms with Crippen LogP contribution in [0.4, 0.5) is 13.2 Å². The summed E-state index contributed by atoms with van der Waals surface area (Å²) in [5.41, 5.74) is 0. The fourth-order valence-electron chi connectivity index (χ4n) is 2.01. The zero-order chi connectivity index (χ0) is 13.1. The van der Waals surface area contributed by atoms with Gasteiger partial charge in [0.05, 0.1) is 6.10 Å². The van der Waals surface area contributed by atoms with Gasteiger partial charge in [-0.3, -0.25) is 4.79 Å². The van der Waals surface area contributed by atoms with Crippen LogP contribution in [0.1, 0.15) is 19.3 Å². The van der Waals surface area contributed by atoms with E-state index in [1.807, 2.05) is 5.32 Å². The van der Waals surface area contributed by atoms with Crippen LogP contribution in [-0.2, 0) is 4.79 Å². The van der Waals surface area contributed by atoms with E-state index in [0.29, 0.717) is 12.8 Å². The highest BCUT2D eigenvalue weighted by molar-refractivity contribution is 8.44. The van der Waals surface area contributed by atoms with Crippen molar-refractivity contribution in [1.82, 2.24) is 5.32 Å². The minimum atomic E-state index is -4.82. The fourth-order valence-corrected chi connectivity index (χ4v) is 4.03. The van der Waals surface area contributed by atoms with Gasteiger partial charge in [0.25, 0.3) is 0 Å². The van der Waals surface area contributed by atoms with Gasteiger partial charge in [0.2, 0.25) is 0 Å². The number of amides is 1. The number of aliphatic hydroxyl groups excluding tert-OH is 1. The maximum Gasteiger partial charge on any atom is 0.471 e. The van der Waals surface area contributed by atoms with Crippen molar-refractivity contribution in [2.75, 3.05) is 6.54 Å². The minimum Gasteiger partial charge on any atom is -0.392 e. The summed E-state index contributed by atoms with van der Waals surface area (Å²) in [5, 5.41) is 11.5. The molecule has 0 aromatic carbocycles. The average molecular weight is 289 g/mol. The average Bonchev–Trinajstić information content (AvgIpc) is 2.57. The van der Waals surface area contributed by atoms with Crippen molar-refractivity contribution >= 4 is 25.7 Å². The molecule has 0 saturated heterocycles. The number of hydrogen-bond donors (Lipinski definition) is 2. The molecule has 3 nitrogen and oxygen atoms in total. The van der Waals surface area contributed by atoms with Crippen LogP contribution in [0.2, 0.25) is 0 Å². The van der Waals surface area contributed by atoms with E-state index in [2.05, 4.69) is 8.44 Å². The van der Waals surface area contributed by atoms with Crippen LogP contribution in [-0.4, -0.2) is 35.1 Å². The number of rotatable bonds is 4. The number of hydrogen-bond acceptors (Lipinski definition) is 3. The SMILES string of the molecule is O=C(NCC[C@@H]1CC[C@H](O)[C@H]1SP)C(F)(F)F. The summed E-state index contributed by atoms with van der Waals surface area (Å²) in [5.74, 6) is -1.74. The lowest BCUT2D eigenvalue weighted by molar-refractivity contribution is -0.173. The van der Waals surface area contributed by atoms with Crippen molar-refractivity contribution in [3.63, 3.8) is 0 Å². The van der Waals surface area contributed by atoms with E-state index in [1.54, 1.807) is 0 Å². The van der Waals surface area contributed by atoms with Gasteiger partial charge < -0.3 is 10.4 Å². The smallest absolute Gasteiger partial charge is 0.392 e.